The standard InChI is InChI=1S/C19H21N5O2/c1-13-5-3-4-6-16(13)22-7-9-23(10-8-22)19(26)15-11-17-18(25)20-14(2)12-24(17)21-15/h3-6,11-12H,7-10H2,1-2H3,(H,20,25). The number of aryl methyl sites for hydroxylation is 2. The molecule has 0 aliphatic carbocycles. The average Bonchev–Trinajstić information content (AvgIpc) is 3.06. The summed E-state index contributed by atoms with van der Waals surface area (Å²) >= 11 is 0. The Bertz CT molecular complexity index is 1030. The topological polar surface area (TPSA) is 73.7 Å². The molecule has 1 saturated heterocycles. The molecule has 0 saturated carbocycles. The first-order valence-corrected chi connectivity index (χ1v) is 8.72. The van der Waals surface area contributed by atoms with E-state index in [0.29, 0.717) is 30.0 Å². The largest absolute Gasteiger partial charge is 0.368 e. The van der Waals surface area contributed by atoms with Crippen molar-refractivity contribution in [1.82, 2.24) is 19.5 Å². The van der Waals surface area contributed by atoms with Crippen molar-refractivity contribution in [3.63, 3.8) is 0 Å². The molecule has 2 aromatic heterocycles. The summed E-state index contributed by atoms with van der Waals surface area (Å²) in [6, 6.07) is 9.85. The number of rotatable bonds is 2. The molecule has 0 unspecified atom stereocenters. The number of H-pyrrole nitrogens is 1. The van der Waals surface area contributed by atoms with E-state index in [0.717, 1.165) is 13.1 Å². The molecule has 7 heteroatoms. The summed E-state index contributed by atoms with van der Waals surface area (Å²) in [5.41, 5.74) is 3.62. The number of amides is 1. The second kappa shape index (κ2) is 6.33. The lowest BCUT2D eigenvalue weighted by Gasteiger charge is -2.36. The molecule has 1 fully saturated rings. The fourth-order valence-corrected chi connectivity index (χ4v) is 3.46. The highest BCUT2D eigenvalue weighted by molar-refractivity contribution is 5.93. The molecule has 1 amide bonds. The number of carbonyl (C=O) groups excluding carboxylic acids is 1. The van der Waals surface area contributed by atoms with Gasteiger partial charge in [0.2, 0.25) is 0 Å². The van der Waals surface area contributed by atoms with Gasteiger partial charge in [-0.2, -0.15) is 5.10 Å². The Morgan fingerprint density at radius 2 is 1.85 bits per heavy atom. The zero-order valence-corrected chi connectivity index (χ0v) is 14.9. The highest BCUT2D eigenvalue weighted by Crippen LogP contribution is 2.21. The zero-order chi connectivity index (χ0) is 18.3. The first-order chi connectivity index (χ1) is 12.5. The number of nitrogens with zero attached hydrogens (tertiary/aromatic N) is 4. The Hall–Kier alpha value is -3.09. The van der Waals surface area contributed by atoms with Gasteiger partial charge in [-0.05, 0) is 25.5 Å². The number of hydrogen-bond acceptors (Lipinski definition) is 4. The van der Waals surface area contributed by atoms with Crippen LogP contribution in [0.4, 0.5) is 5.69 Å². The lowest BCUT2D eigenvalue weighted by atomic mass is 10.1. The summed E-state index contributed by atoms with van der Waals surface area (Å²) < 4.78 is 1.48. The monoisotopic (exact) mass is 351 g/mol. The minimum atomic E-state index is -0.235. The van der Waals surface area contributed by atoms with Crippen LogP contribution in [0.2, 0.25) is 0 Å². The molecular weight excluding hydrogens is 330 g/mol. The summed E-state index contributed by atoms with van der Waals surface area (Å²) in [6.07, 6.45) is 1.71. The van der Waals surface area contributed by atoms with E-state index in [1.165, 1.54) is 15.8 Å². The molecular formula is C19H21N5O2. The molecule has 1 aliphatic rings. The number of anilines is 1. The van der Waals surface area contributed by atoms with Crippen molar-refractivity contribution in [2.75, 3.05) is 31.1 Å². The third-order valence-electron chi connectivity index (χ3n) is 4.84. The van der Waals surface area contributed by atoms with E-state index in [1.807, 2.05) is 12.1 Å². The molecule has 0 bridgehead atoms. The SMILES string of the molecule is Cc1cn2nc(C(=O)N3CCN(c4ccccc4C)CC3)cc2c(=O)[nH]1. The average molecular weight is 351 g/mol. The molecule has 26 heavy (non-hydrogen) atoms. The van der Waals surface area contributed by atoms with E-state index in [4.69, 9.17) is 0 Å². The van der Waals surface area contributed by atoms with Gasteiger partial charge in [0.1, 0.15) is 5.52 Å². The molecule has 1 aliphatic heterocycles. The van der Waals surface area contributed by atoms with Crippen LogP contribution in [0.25, 0.3) is 5.52 Å². The minimum absolute atomic E-state index is 0.129. The lowest BCUT2D eigenvalue weighted by molar-refractivity contribution is 0.0740. The van der Waals surface area contributed by atoms with Crippen molar-refractivity contribution in [3.05, 3.63) is 63.8 Å². The zero-order valence-electron chi connectivity index (χ0n) is 14.9. The first kappa shape index (κ1) is 16.4. The number of fused-ring (bicyclic) bond motifs is 1. The number of carbonyl (C=O) groups is 1. The summed E-state index contributed by atoms with van der Waals surface area (Å²) in [5.74, 6) is -0.129. The van der Waals surface area contributed by atoms with Crippen molar-refractivity contribution in [2.24, 2.45) is 0 Å². The van der Waals surface area contributed by atoms with E-state index in [9.17, 15) is 9.59 Å². The first-order valence-electron chi connectivity index (χ1n) is 8.72. The van der Waals surface area contributed by atoms with E-state index < -0.39 is 0 Å². The van der Waals surface area contributed by atoms with Gasteiger partial charge in [-0.25, -0.2) is 4.52 Å². The molecule has 134 valence electrons. The second-order valence-electron chi connectivity index (χ2n) is 6.69. The normalized spacial score (nSPS) is 14.8. The number of aromatic amines is 1. The van der Waals surface area contributed by atoms with Crippen LogP contribution in [-0.2, 0) is 0 Å². The highest BCUT2D eigenvalue weighted by atomic mass is 16.2. The molecule has 0 spiro atoms. The predicted molar refractivity (Wildman–Crippen MR) is 99.8 cm³/mol. The van der Waals surface area contributed by atoms with Crippen molar-refractivity contribution in [2.45, 2.75) is 13.8 Å². The lowest BCUT2D eigenvalue weighted by Crippen LogP contribution is -2.49. The van der Waals surface area contributed by atoms with Crippen molar-refractivity contribution < 1.29 is 4.79 Å². The highest BCUT2D eigenvalue weighted by Gasteiger charge is 2.25. The molecule has 1 N–H and O–H groups in total. The van der Waals surface area contributed by atoms with E-state index >= 15 is 0 Å². The van der Waals surface area contributed by atoms with E-state index in [2.05, 4.69) is 34.0 Å². The van der Waals surface area contributed by atoms with Crippen LogP contribution in [-0.4, -0.2) is 51.6 Å². The Morgan fingerprint density at radius 1 is 1.12 bits per heavy atom. The van der Waals surface area contributed by atoms with Crippen LogP contribution in [0.15, 0.2) is 41.3 Å². The molecule has 3 aromatic rings. The maximum Gasteiger partial charge on any atom is 0.274 e. The Kier molecular flexibility index (Phi) is 3.99. The minimum Gasteiger partial charge on any atom is -0.368 e. The summed E-state index contributed by atoms with van der Waals surface area (Å²) in [6.45, 7) is 6.72. The van der Waals surface area contributed by atoms with Gasteiger partial charge >= 0.3 is 0 Å². The number of hydrogen-bond donors (Lipinski definition) is 1. The molecule has 0 radical (unpaired) electrons. The summed E-state index contributed by atoms with van der Waals surface area (Å²) in [5, 5.41) is 4.29. The number of aromatic nitrogens is 3. The third kappa shape index (κ3) is 2.85. The summed E-state index contributed by atoms with van der Waals surface area (Å²) in [7, 11) is 0. The second-order valence-corrected chi connectivity index (χ2v) is 6.69. The Morgan fingerprint density at radius 3 is 2.58 bits per heavy atom. The Labute approximate surface area is 150 Å². The van der Waals surface area contributed by atoms with Crippen LogP contribution in [0, 0.1) is 13.8 Å². The third-order valence-corrected chi connectivity index (χ3v) is 4.84. The van der Waals surface area contributed by atoms with Gasteiger partial charge in [-0.1, -0.05) is 18.2 Å². The van der Waals surface area contributed by atoms with Crippen molar-refractivity contribution >= 4 is 17.1 Å². The number of para-hydroxylation sites is 1. The van der Waals surface area contributed by atoms with Crippen LogP contribution >= 0.6 is 0 Å². The molecule has 3 heterocycles. The van der Waals surface area contributed by atoms with Gasteiger partial charge in [0.05, 0.1) is 0 Å². The molecule has 7 nitrogen and oxygen atoms in total. The van der Waals surface area contributed by atoms with Gasteiger partial charge in [-0.15, -0.1) is 0 Å². The van der Waals surface area contributed by atoms with Gasteiger partial charge in [-0.3, -0.25) is 9.59 Å². The molecule has 1 aromatic carbocycles. The molecule has 0 atom stereocenters. The maximum absolute atomic E-state index is 12.8. The fraction of sp³-hybridized carbons (Fsp3) is 0.316. The van der Waals surface area contributed by atoms with Crippen molar-refractivity contribution in [3.8, 4) is 0 Å². The number of piperazine rings is 1. The van der Waals surface area contributed by atoms with Gasteiger partial charge in [0.15, 0.2) is 5.69 Å². The van der Waals surface area contributed by atoms with E-state index in [-0.39, 0.29) is 11.5 Å². The predicted octanol–water partition coefficient (Wildman–Crippen LogP) is 1.60. The van der Waals surface area contributed by atoms with Gasteiger partial charge < -0.3 is 14.8 Å². The van der Waals surface area contributed by atoms with Crippen LogP contribution in [0.5, 0.6) is 0 Å². The summed E-state index contributed by atoms with van der Waals surface area (Å²) in [4.78, 5) is 31.6. The van der Waals surface area contributed by atoms with E-state index in [1.54, 1.807) is 24.1 Å². The van der Waals surface area contributed by atoms with Crippen LogP contribution in [0.1, 0.15) is 21.7 Å². The Balaban J connectivity index is 1.51. The van der Waals surface area contributed by atoms with Crippen LogP contribution < -0.4 is 10.5 Å². The van der Waals surface area contributed by atoms with Crippen molar-refractivity contribution in [1.29, 1.82) is 0 Å². The number of nitrogens with one attached hydrogen (secondary N) is 1. The number of benzene rings is 1. The van der Waals surface area contributed by atoms with Crippen LogP contribution in [0.3, 0.4) is 0 Å². The van der Waals surface area contributed by atoms with Gasteiger partial charge in [0.25, 0.3) is 11.5 Å². The fourth-order valence-electron chi connectivity index (χ4n) is 3.46. The van der Waals surface area contributed by atoms with Gasteiger partial charge in [0, 0.05) is 49.8 Å². The smallest absolute Gasteiger partial charge is 0.274 e. The quantitative estimate of drug-likeness (QED) is 0.761. The maximum atomic E-state index is 12.8. The molecule has 4 rings (SSSR count).